The standard InChI is InChI=1S/C16H21N3/c1-2-15-14(10-19-16(15)18-5-1)9-17-8-13-7-11-3-4-12(13)6-11/h1-2,5,10-13,17H,3-4,6-9H2,(H,18,19). The van der Waals surface area contributed by atoms with Gasteiger partial charge in [-0.3, -0.25) is 0 Å². The van der Waals surface area contributed by atoms with Crippen molar-refractivity contribution in [2.75, 3.05) is 6.54 Å². The molecule has 19 heavy (non-hydrogen) atoms. The Labute approximate surface area is 113 Å². The van der Waals surface area contributed by atoms with Gasteiger partial charge in [-0.15, -0.1) is 0 Å². The number of hydrogen-bond donors (Lipinski definition) is 2. The molecule has 2 N–H and O–H groups in total. The number of rotatable bonds is 4. The molecule has 3 atom stereocenters. The fourth-order valence-electron chi connectivity index (χ4n) is 4.18. The van der Waals surface area contributed by atoms with Gasteiger partial charge in [-0.1, -0.05) is 6.42 Å². The predicted molar refractivity (Wildman–Crippen MR) is 76.7 cm³/mol. The van der Waals surface area contributed by atoms with Crippen LogP contribution in [0.4, 0.5) is 0 Å². The van der Waals surface area contributed by atoms with E-state index in [1.165, 1.54) is 43.2 Å². The summed E-state index contributed by atoms with van der Waals surface area (Å²) in [5, 5.41) is 4.91. The maximum Gasteiger partial charge on any atom is 0.137 e. The third-order valence-corrected chi connectivity index (χ3v) is 5.14. The second kappa shape index (κ2) is 4.64. The highest BCUT2D eigenvalue weighted by Gasteiger charge is 2.38. The van der Waals surface area contributed by atoms with E-state index in [-0.39, 0.29) is 0 Å². The monoisotopic (exact) mass is 255 g/mol. The molecule has 2 aliphatic rings. The molecule has 3 nitrogen and oxygen atoms in total. The zero-order valence-electron chi connectivity index (χ0n) is 11.2. The van der Waals surface area contributed by atoms with Gasteiger partial charge < -0.3 is 10.3 Å². The number of H-pyrrole nitrogens is 1. The first-order chi connectivity index (χ1) is 9.40. The smallest absolute Gasteiger partial charge is 0.137 e. The second-order valence-electron chi connectivity index (χ2n) is 6.28. The van der Waals surface area contributed by atoms with E-state index in [2.05, 4.69) is 27.5 Å². The van der Waals surface area contributed by atoms with Gasteiger partial charge in [0.2, 0.25) is 0 Å². The predicted octanol–water partition coefficient (Wildman–Crippen LogP) is 3.09. The molecule has 2 bridgehead atoms. The first-order valence-electron chi connectivity index (χ1n) is 7.52. The van der Waals surface area contributed by atoms with Crippen LogP contribution in [0.15, 0.2) is 24.5 Å². The van der Waals surface area contributed by atoms with Crippen LogP contribution >= 0.6 is 0 Å². The van der Waals surface area contributed by atoms with E-state index in [1.54, 1.807) is 0 Å². The first kappa shape index (κ1) is 11.5. The number of nitrogens with zero attached hydrogens (tertiary/aromatic N) is 1. The van der Waals surface area contributed by atoms with E-state index < -0.39 is 0 Å². The van der Waals surface area contributed by atoms with Crippen LogP contribution in [0, 0.1) is 17.8 Å². The van der Waals surface area contributed by atoms with Gasteiger partial charge in [0.15, 0.2) is 0 Å². The summed E-state index contributed by atoms with van der Waals surface area (Å²) in [6, 6.07) is 4.16. The number of fused-ring (bicyclic) bond motifs is 3. The summed E-state index contributed by atoms with van der Waals surface area (Å²) in [7, 11) is 0. The van der Waals surface area contributed by atoms with Crippen molar-refractivity contribution in [2.24, 2.45) is 17.8 Å². The molecule has 2 fully saturated rings. The number of hydrogen-bond acceptors (Lipinski definition) is 2. The number of pyridine rings is 1. The Morgan fingerprint density at radius 2 is 2.32 bits per heavy atom. The molecule has 3 heteroatoms. The summed E-state index contributed by atoms with van der Waals surface area (Å²) >= 11 is 0. The fourth-order valence-corrected chi connectivity index (χ4v) is 4.18. The van der Waals surface area contributed by atoms with Crippen molar-refractivity contribution in [3.05, 3.63) is 30.1 Å². The topological polar surface area (TPSA) is 40.7 Å². The average molecular weight is 255 g/mol. The Balaban J connectivity index is 1.37. The van der Waals surface area contributed by atoms with Gasteiger partial charge in [0.1, 0.15) is 5.65 Å². The zero-order valence-corrected chi connectivity index (χ0v) is 11.2. The Morgan fingerprint density at radius 3 is 3.16 bits per heavy atom. The summed E-state index contributed by atoms with van der Waals surface area (Å²) in [4.78, 5) is 7.58. The normalized spacial score (nSPS) is 29.4. The molecule has 0 saturated heterocycles. The van der Waals surface area contributed by atoms with Crippen molar-refractivity contribution in [3.8, 4) is 0 Å². The van der Waals surface area contributed by atoms with Crippen molar-refractivity contribution in [1.29, 1.82) is 0 Å². The number of nitrogens with one attached hydrogen (secondary N) is 2. The van der Waals surface area contributed by atoms with Crippen molar-refractivity contribution in [2.45, 2.75) is 32.2 Å². The highest BCUT2D eigenvalue weighted by atomic mass is 14.9. The number of aromatic nitrogens is 2. The molecule has 2 saturated carbocycles. The summed E-state index contributed by atoms with van der Waals surface area (Å²) in [6.07, 6.45) is 9.87. The van der Waals surface area contributed by atoms with Gasteiger partial charge >= 0.3 is 0 Å². The Bertz CT molecular complexity index is 574. The van der Waals surface area contributed by atoms with Crippen LogP contribution in [0.3, 0.4) is 0 Å². The Morgan fingerprint density at radius 1 is 1.32 bits per heavy atom. The molecule has 2 aromatic rings. The summed E-state index contributed by atoms with van der Waals surface area (Å²) in [5.74, 6) is 3.00. The average Bonchev–Trinajstić information content (AvgIpc) is 3.14. The van der Waals surface area contributed by atoms with Gasteiger partial charge in [0.05, 0.1) is 0 Å². The number of aromatic amines is 1. The highest BCUT2D eigenvalue weighted by molar-refractivity contribution is 5.79. The SMILES string of the molecule is c1cnc2[nH]cc(CNCC3CC4CCC3C4)c2c1. The van der Waals surface area contributed by atoms with Gasteiger partial charge in [-0.2, -0.15) is 0 Å². The van der Waals surface area contributed by atoms with Gasteiger partial charge in [-0.25, -0.2) is 4.98 Å². The van der Waals surface area contributed by atoms with Crippen LogP contribution < -0.4 is 5.32 Å². The maximum absolute atomic E-state index is 4.34. The first-order valence-corrected chi connectivity index (χ1v) is 7.52. The third kappa shape index (κ3) is 2.06. The lowest BCUT2D eigenvalue weighted by Crippen LogP contribution is -2.26. The van der Waals surface area contributed by atoms with Crippen LogP contribution in [0.5, 0.6) is 0 Å². The molecule has 0 aromatic carbocycles. The van der Waals surface area contributed by atoms with E-state index in [9.17, 15) is 0 Å². The van der Waals surface area contributed by atoms with Crippen LogP contribution in [-0.2, 0) is 6.54 Å². The molecule has 4 rings (SSSR count). The third-order valence-electron chi connectivity index (χ3n) is 5.14. The van der Waals surface area contributed by atoms with Gasteiger partial charge in [0, 0.05) is 24.3 Å². The van der Waals surface area contributed by atoms with Crippen molar-refractivity contribution >= 4 is 11.0 Å². The Hall–Kier alpha value is -1.35. The van der Waals surface area contributed by atoms with Crippen LogP contribution in [0.2, 0.25) is 0 Å². The lowest BCUT2D eigenvalue weighted by molar-refractivity contribution is 0.318. The minimum Gasteiger partial charge on any atom is -0.346 e. The molecule has 0 amide bonds. The Kier molecular flexibility index (Phi) is 2.80. The van der Waals surface area contributed by atoms with Crippen molar-refractivity contribution < 1.29 is 0 Å². The molecule has 0 radical (unpaired) electrons. The zero-order chi connectivity index (χ0) is 12.7. The molecule has 3 unspecified atom stereocenters. The fraction of sp³-hybridized carbons (Fsp3) is 0.562. The highest BCUT2D eigenvalue weighted by Crippen LogP contribution is 2.47. The molecule has 2 heterocycles. The van der Waals surface area contributed by atoms with E-state index >= 15 is 0 Å². The molecule has 100 valence electrons. The van der Waals surface area contributed by atoms with Crippen molar-refractivity contribution in [1.82, 2.24) is 15.3 Å². The molecule has 2 aromatic heterocycles. The maximum atomic E-state index is 4.34. The minimum atomic E-state index is 0.932. The van der Waals surface area contributed by atoms with E-state index in [1.807, 2.05) is 12.3 Å². The molecule has 0 aliphatic heterocycles. The quantitative estimate of drug-likeness (QED) is 0.881. The second-order valence-corrected chi connectivity index (χ2v) is 6.28. The van der Waals surface area contributed by atoms with Gasteiger partial charge in [-0.05, 0) is 61.3 Å². The van der Waals surface area contributed by atoms with E-state index in [0.717, 1.165) is 29.9 Å². The molecular weight excluding hydrogens is 234 g/mol. The van der Waals surface area contributed by atoms with E-state index in [0.29, 0.717) is 0 Å². The summed E-state index contributed by atoms with van der Waals surface area (Å²) in [6.45, 7) is 2.15. The van der Waals surface area contributed by atoms with Crippen LogP contribution in [0.25, 0.3) is 11.0 Å². The van der Waals surface area contributed by atoms with Crippen LogP contribution in [0.1, 0.15) is 31.2 Å². The van der Waals surface area contributed by atoms with Gasteiger partial charge in [0.25, 0.3) is 0 Å². The molecule has 2 aliphatic carbocycles. The van der Waals surface area contributed by atoms with Crippen LogP contribution in [-0.4, -0.2) is 16.5 Å². The van der Waals surface area contributed by atoms with E-state index in [4.69, 9.17) is 0 Å². The largest absolute Gasteiger partial charge is 0.346 e. The van der Waals surface area contributed by atoms with Crippen molar-refractivity contribution in [3.63, 3.8) is 0 Å². The molecular formula is C16H21N3. The lowest BCUT2D eigenvalue weighted by atomic mass is 9.89. The lowest BCUT2D eigenvalue weighted by Gasteiger charge is -2.21. The summed E-state index contributed by atoms with van der Waals surface area (Å²) in [5.41, 5.74) is 2.34. The minimum absolute atomic E-state index is 0.932. The molecule has 0 spiro atoms. The summed E-state index contributed by atoms with van der Waals surface area (Å²) < 4.78 is 0.